The molecule has 184 valence electrons. The first-order chi connectivity index (χ1) is 16.6. The van der Waals surface area contributed by atoms with E-state index in [-0.39, 0.29) is 36.1 Å². The highest BCUT2D eigenvalue weighted by atomic mass is 19.3. The zero-order valence-corrected chi connectivity index (χ0v) is 19.3. The molecule has 1 aliphatic heterocycles. The minimum atomic E-state index is -3.06. The number of rotatable bonds is 7. The molecule has 0 radical (unpaired) electrons. The van der Waals surface area contributed by atoms with Crippen LogP contribution in [0.3, 0.4) is 0 Å². The van der Waals surface area contributed by atoms with E-state index in [0.717, 1.165) is 10.2 Å². The molecule has 1 atom stereocenters. The van der Waals surface area contributed by atoms with Crippen LogP contribution < -0.4 is 21.5 Å². The van der Waals surface area contributed by atoms with Crippen molar-refractivity contribution in [3.05, 3.63) is 65.2 Å². The fourth-order valence-electron chi connectivity index (χ4n) is 4.24. The summed E-state index contributed by atoms with van der Waals surface area (Å²) < 4.78 is 35.3. The van der Waals surface area contributed by atoms with Crippen molar-refractivity contribution in [2.45, 2.75) is 18.5 Å². The molecule has 11 heteroatoms. The number of hydrogen-bond acceptors (Lipinski definition) is 6. The largest absolute Gasteiger partial charge is 0.496 e. The lowest BCUT2D eigenvalue weighted by molar-refractivity contribution is -0.0232. The van der Waals surface area contributed by atoms with Gasteiger partial charge in [-0.3, -0.25) is 14.5 Å². The van der Waals surface area contributed by atoms with Crippen LogP contribution in [0.15, 0.2) is 48.5 Å². The first kappa shape index (κ1) is 24.1. The average Bonchev–Trinajstić information content (AvgIpc) is 3.31. The SMILES string of the molecule is COc1ccccc1C(=O)NCc1ccc(-c2nn(C3CN(C)CC3(F)F)c(N)c2C(N)=O)cc1. The molecule has 4 rings (SSSR count). The molecule has 2 heterocycles. The number of nitrogen functional groups attached to an aromatic ring is 1. The van der Waals surface area contributed by atoms with Crippen molar-refractivity contribution < 1.29 is 23.1 Å². The summed E-state index contributed by atoms with van der Waals surface area (Å²) in [7, 11) is 3.07. The lowest BCUT2D eigenvalue weighted by Gasteiger charge is -2.19. The summed E-state index contributed by atoms with van der Waals surface area (Å²) in [6.45, 7) is -0.175. The number of hydrogen-bond donors (Lipinski definition) is 3. The third-order valence-corrected chi connectivity index (χ3v) is 5.97. The van der Waals surface area contributed by atoms with Gasteiger partial charge in [0.25, 0.3) is 17.7 Å². The second-order valence-corrected chi connectivity index (χ2v) is 8.47. The van der Waals surface area contributed by atoms with Gasteiger partial charge in [-0.05, 0) is 24.7 Å². The van der Waals surface area contributed by atoms with E-state index in [1.165, 1.54) is 12.0 Å². The molecule has 5 N–H and O–H groups in total. The first-order valence-electron chi connectivity index (χ1n) is 10.9. The highest BCUT2D eigenvalue weighted by Gasteiger charge is 2.49. The third-order valence-electron chi connectivity index (χ3n) is 5.97. The van der Waals surface area contributed by atoms with Crippen LogP contribution in [0.25, 0.3) is 11.3 Å². The summed E-state index contributed by atoms with van der Waals surface area (Å²) in [6, 6.07) is 12.4. The van der Waals surface area contributed by atoms with Crippen LogP contribution >= 0.6 is 0 Å². The number of likely N-dealkylation sites (tertiary alicyclic amines) is 1. The Balaban J connectivity index is 1.56. The van der Waals surface area contributed by atoms with E-state index in [4.69, 9.17) is 16.2 Å². The van der Waals surface area contributed by atoms with Crippen LogP contribution in [-0.2, 0) is 6.54 Å². The first-order valence-corrected chi connectivity index (χ1v) is 10.9. The summed E-state index contributed by atoms with van der Waals surface area (Å²) in [6.07, 6.45) is 0. The van der Waals surface area contributed by atoms with Gasteiger partial charge in [0.1, 0.15) is 28.9 Å². The number of primary amides is 1. The van der Waals surface area contributed by atoms with Gasteiger partial charge in [0.2, 0.25) is 0 Å². The predicted octanol–water partition coefficient (Wildman–Crippen LogP) is 2.29. The maximum atomic E-state index is 14.5. The Morgan fingerprint density at radius 2 is 1.89 bits per heavy atom. The Labute approximate surface area is 200 Å². The van der Waals surface area contributed by atoms with Crippen LogP contribution in [0.2, 0.25) is 0 Å². The minimum absolute atomic E-state index is 0.0291. The van der Waals surface area contributed by atoms with E-state index < -0.39 is 24.4 Å². The molecule has 0 bridgehead atoms. The molecular weight excluding hydrogens is 458 g/mol. The molecule has 0 aliphatic carbocycles. The number of nitrogens with two attached hydrogens (primary N) is 2. The van der Waals surface area contributed by atoms with Crippen molar-refractivity contribution in [1.82, 2.24) is 20.0 Å². The minimum Gasteiger partial charge on any atom is -0.496 e. The molecule has 1 aromatic heterocycles. The number of methoxy groups -OCH3 is 1. The number of alkyl halides is 2. The number of amides is 2. The smallest absolute Gasteiger partial charge is 0.283 e. The van der Waals surface area contributed by atoms with Gasteiger partial charge >= 0.3 is 0 Å². The summed E-state index contributed by atoms with van der Waals surface area (Å²) in [5.74, 6) is -3.94. The van der Waals surface area contributed by atoms with Gasteiger partial charge in [0.15, 0.2) is 0 Å². The lowest BCUT2D eigenvalue weighted by Crippen LogP contribution is -2.31. The van der Waals surface area contributed by atoms with Crippen LogP contribution in [0.5, 0.6) is 5.75 Å². The number of halogens is 2. The molecule has 0 saturated carbocycles. The highest BCUT2D eigenvalue weighted by molar-refractivity contribution is 6.03. The third kappa shape index (κ3) is 4.67. The molecule has 2 amide bonds. The van der Waals surface area contributed by atoms with E-state index in [2.05, 4.69) is 10.4 Å². The second kappa shape index (κ2) is 9.34. The number of ether oxygens (including phenoxy) is 1. The van der Waals surface area contributed by atoms with Gasteiger partial charge < -0.3 is 21.5 Å². The van der Waals surface area contributed by atoms with Crippen LogP contribution in [0, 0.1) is 0 Å². The lowest BCUT2D eigenvalue weighted by atomic mass is 10.0. The molecule has 1 aliphatic rings. The molecule has 1 saturated heterocycles. The number of carbonyl (C=O) groups is 2. The molecule has 3 aromatic rings. The number of anilines is 1. The number of para-hydroxylation sites is 1. The second-order valence-electron chi connectivity index (χ2n) is 8.47. The quantitative estimate of drug-likeness (QED) is 0.472. The maximum Gasteiger partial charge on any atom is 0.283 e. The molecule has 0 spiro atoms. The number of likely N-dealkylation sites (N-methyl/N-ethyl adjacent to an activating group) is 1. The normalized spacial score (nSPS) is 17.3. The zero-order chi connectivity index (χ0) is 25.3. The highest BCUT2D eigenvalue weighted by Crippen LogP contribution is 2.39. The van der Waals surface area contributed by atoms with Gasteiger partial charge in [0, 0.05) is 18.7 Å². The molecule has 1 fully saturated rings. The fourth-order valence-corrected chi connectivity index (χ4v) is 4.24. The van der Waals surface area contributed by atoms with Crippen LogP contribution in [0.4, 0.5) is 14.6 Å². The Morgan fingerprint density at radius 3 is 2.49 bits per heavy atom. The Bertz CT molecular complexity index is 1260. The summed E-state index contributed by atoms with van der Waals surface area (Å²) in [5.41, 5.74) is 13.3. The fraction of sp³-hybridized carbons (Fsp3) is 0.292. The van der Waals surface area contributed by atoms with E-state index >= 15 is 0 Å². The van der Waals surface area contributed by atoms with Gasteiger partial charge in [-0.15, -0.1) is 0 Å². The van der Waals surface area contributed by atoms with Crippen LogP contribution in [0.1, 0.15) is 32.3 Å². The van der Waals surface area contributed by atoms with Crippen molar-refractivity contribution in [3.8, 4) is 17.0 Å². The maximum absolute atomic E-state index is 14.5. The zero-order valence-electron chi connectivity index (χ0n) is 19.3. The summed E-state index contributed by atoms with van der Waals surface area (Å²) in [4.78, 5) is 26.1. The van der Waals surface area contributed by atoms with Crippen molar-refractivity contribution in [1.29, 1.82) is 0 Å². The summed E-state index contributed by atoms with van der Waals surface area (Å²) >= 11 is 0. The van der Waals surface area contributed by atoms with Crippen molar-refractivity contribution in [3.63, 3.8) is 0 Å². The molecule has 35 heavy (non-hydrogen) atoms. The Morgan fingerprint density at radius 1 is 1.20 bits per heavy atom. The van der Waals surface area contributed by atoms with E-state index in [0.29, 0.717) is 16.9 Å². The standard InChI is InChI=1S/C24H26F2N6O3/c1-31-12-18(24(25,26)13-31)32-21(27)19(22(28)33)20(30-32)15-9-7-14(8-10-15)11-29-23(34)16-5-3-4-6-17(16)35-2/h3-10,18H,11-13,27H2,1-2H3,(H2,28,33)(H,29,34). The van der Waals surface area contributed by atoms with Gasteiger partial charge in [-0.2, -0.15) is 5.10 Å². The predicted molar refractivity (Wildman–Crippen MR) is 126 cm³/mol. The number of benzene rings is 2. The number of carbonyl (C=O) groups excluding carboxylic acids is 2. The van der Waals surface area contributed by atoms with Gasteiger partial charge in [-0.1, -0.05) is 36.4 Å². The average molecular weight is 485 g/mol. The topological polar surface area (TPSA) is 128 Å². The van der Waals surface area contributed by atoms with E-state index in [1.54, 1.807) is 55.6 Å². The Kier molecular flexibility index (Phi) is 6.44. The summed E-state index contributed by atoms with van der Waals surface area (Å²) in [5, 5.41) is 7.10. The Hall–Kier alpha value is -3.99. The van der Waals surface area contributed by atoms with Crippen LogP contribution in [-0.4, -0.2) is 59.7 Å². The van der Waals surface area contributed by atoms with Gasteiger partial charge in [-0.25, -0.2) is 13.5 Å². The number of nitrogens with one attached hydrogen (secondary N) is 1. The molecule has 1 unspecified atom stereocenters. The van der Waals surface area contributed by atoms with Gasteiger partial charge in [0.05, 0.1) is 19.2 Å². The molecule has 2 aromatic carbocycles. The monoisotopic (exact) mass is 484 g/mol. The number of aromatic nitrogens is 2. The molecular formula is C24H26F2N6O3. The molecule has 9 nitrogen and oxygen atoms in total. The van der Waals surface area contributed by atoms with E-state index in [1.807, 2.05) is 0 Å². The van der Waals surface area contributed by atoms with Crippen molar-refractivity contribution in [2.24, 2.45) is 5.73 Å². The number of nitrogens with zero attached hydrogens (tertiary/aromatic N) is 3. The van der Waals surface area contributed by atoms with Crippen molar-refractivity contribution in [2.75, 3.05) is 33.0 Å². The van der Waals surface area contributed by atoms with Crippen molar-refractivity contribution >= 4 is 17.6 Å². The van der Waals surface area contributed by atoms with E-state index in [9.17, 15) is 18.4 Å².